The summed E-state index contributed by atoms with van der Waals surface area (Å²) in [6, 6.07) is 13.2. The van der Waals surface area contributed by atoms with Gasteiger partial charge in [0.2, 0.25) is 0 Å². The molecule has 0 heterocycles. The highest BCUT2D eigenvalue weighted by atomic mass is 16.1. The Morgan fingerprint density at radius 2 is 1.04 bits per heavy atom. The maximum absolute atomic E-state index is 13.7. The zero-order valence-corrected chi connectivity index (χ0v) is 18.4. The van der Waals surface area contributed by atoms with Gasteiger partial charge in [0.05, 0.1) is 0 Å². The third-order valence-electron chi connectivity index (χ3n) is 6.36. The van der Waals surface area contributed by atoms with E-state index in [1.54, 1.807) is 0 Å². The van der Waals surface area contributed by atoms with Crippen LogP contribution in [0.15, 0.2) is 36.4 Å². The minimum absolute atomic E-state index is 0.110. The fourth-order valence-corrected chi connectivity index (χ4v) is 4.08. The molecule has 2 aromatic carbocycles. The van der Waals surface area contributed by atoms with E-state index in [0.29, 0.717) is 11.8 Å². The van der Waals surface area contributed by atoms with Gasteiger partial charge in [0.1, 0.15) is 0 Å². The van der Waals surface area contributed by atoms with Crippen LogP contribution in [0.25, 0.3) is 0 Å². The van der Waals surface area contributed by atoms with Gasteiger partial charge in [-0.25, -0.2) is 0 Å². The van der Waals surface area contributed by atoms with Gasteiger partial charge < -0.3 is 0 Å². The topological polar surface area (TPSA) is 17.1 Å². The molecule has 0 aliphatic heterocycles. The first-order valence-corrected chi connectivity index (χ1v) is 10.9. The molecule has 0 spiro atoms. The van der Waals surface area contributed by atoms with Gasteiger partial charge in [0, 0.05) is 11.1 Å². The third-order valence-corrected chi connectivity index (χ3v) is 6.36. The van der Waals surface area contributed by atoms with Crippen LogP contribution >= 0.6 is 0 Å². The molecular formula is C27H34O. The first-order valence-electron chi connectivity index (χ1n) is 10.9. The zero-order valence-electron chi connectivity index (χ0n) is 18.4. The van der Waals surface area contributed by atoms with Gasteiger partial charge in [-0.15, -0.1) is 0 Å². The van der Waals surface area contributed by atoms with Gasteiger partial charge in [0.15, 0.2) is 5.78 Å². The molecule has 1 heteroatoms. The van der Waals surface area contributed by atoms with Crippen LogP contribution in [0.5, 0.6) is 0 Å². The fraction of sp³-hybridized carbons (Fsp3) is 0.519. The van der Waals surface area contributed by atoms with Crippen molar-refractivity contribution >= 4 is 5.78 Å². The van der Waals surface area contributed by atoms with Crippen LogP contribution in [-0.4, -0.2) is 5.78 Å². The van der Waals surface area contributed by atoms with Crippen molar-refractivity contribution in [1.29, 1.82) is 0 Å². The molecule has 2 aliphatic rings. The predicted octanol–water partition coefficient (Wildman–Crippen LogP) is 7.27. The molecule has 1 nitrogen and oxygen atoms in total. The van der Waals surface area contributed by atoms with Crippen molar-refractivity contribution in [2.24, 2.45) is 0 Å². The number of carbonyl (C=O) groups excluding carboxylic acids is 1. The Bertz CT molecular complexity index is 837. The summed E-state index contributed by atoms with van der Waals surface area (Å²) >= 11 is 0. The van der Waals surface area contributed by atoms with Crippen LogP contribution in [0, 0.1) is 0 Å². The quantitative estimate of drug-likeness (QED) is 0.514. The highest BCUT2D eigenvalue weighted by Gasteiger charge is 2.33. The van der Waals surface area contributed by atoms with Crippen LogP contribution < -0.4 is 0 Å². The molecule has 0 N–H and O–H groups in total. The lowest BCUT2D eigenvalue weighted by molar-refractivity contribution is 0.103. The maximum Gasteiger partial charge on any atom is 0.193 e. The van der Waals surface area contributed by atoms with E-state index >= 15 is 0 Å². The molecule has 0 radical (unpaired) electrons. The van der Waals surface area contributed by atoms with Crippen LogP contribution in [0.4, 0.5) is 0 Å². The Balaban J connectivity index is 1.78. The summed E-state index contributed by atoms with van der Waals surface area (Å²) in [6.45, 7) is 13.5. The fourth-order valence-electron chi connectivity index (χ4n) is 4.08. The number of carbonyl (C=O) groups is 1. The second kappa shape index (κ2) is 6.58. The molecule has 0 aromatic heterocycles. The average Bonchev–Trinajstić information content (AvgIpc) is 3.51. The SMILES string of the molecule is CC(C)(C)c1ccc(C(=O)c2ccc(C(C)(C)C)cc2C2CC2)c(C2CC2)c1. The van der Waals surface area contributed by atoms with Crippen LogP contribution in [0.2, 0.25) is 0 Å². The molecule has 148 valence electrons. The summed E-state index contributed by atoms with van der Waals surface area (Å²) in [4.78, 5) is 13.7. The average molecular weight is 375 g/mol. The van der Waals surface area contributed by atoms with Gasteiger partial charge in [0.25, 0.3) is 0 Å². The van der Waals surface area contributed by atoms with Crippen molar-refractivity contribution < 1.29 is 4.79 Å². The van der Waals surface area contributed by atoms with Gasteiger partial charge in [-0.05, 0) is 70.6 Å². The van der Waals surface area contributed by atoms with Gasteiger partial charge >= 0.3 is 0 Å². The third kappa shape index (κ3) is 3.81. The number of ketones is 1. The lowest BCUT2D eigenvalue weighted by Gasteiger charge is -2.23. The number of rotatable bonds is 4. The number of hydrogen-bond acceptors (Lipinski definition) is 1. The molecule has 0 saturated heterocycles. The van der Waals surface area contributed by atoms with Crippen molar-refractivity contribution in [1.82, 2.24) is 0 Å². The van der Waals surface area contributed by atoms with E-state index in [-0.39, 0.29) is 16.6 Å². The minimum Gasteiger partial charge on any atom is -0.289 e. The molecule has 28 heavy (non-hydrogen) atoms. The Labute approximate surface area is 170 Å². The van der Waals surface area contributed by atoms with Crippen molar-refractivity contribution in [2.75, 3.05) is 0 Å². The second-order valence-electron chi connectivity index (χ2n) is 11.0. The first kappa shape index (κ1) is 19.4. The minimum atomic E-state index is 0.110. The Hall–Kier alpha value is -1.89. The van der Waals surface area contributed by atoms with Gasteiger partial charge in [-0.2, -0.15) is 0 Å². The second-order valence-corrected chi connectivity index (χ2v) is 11.0. The van der Waals surface area contributed by atoms with E-state index in [1.807, 2.05) is 0 Å². The Morgan fingerprint density at radius 1 is 0.679 bits per heavy atom. The smallest absolute Gasteiger partial charge is 0.193 e. The first-order chi connectivity index (χ1) is 13.1. The molecule has 2 aliphatic carbocycles. The Morgan fingerprint density at radius 3 is 1.32 bits per heavy atom. The largest absolute Gasteiger partial charge is 0.289 e. The predicted molar refractivity (Wildman–Crippen MR) is 118 cm³/mol. The van der Waals surface area contributed by atoms with E-state index in [4.69, 9.17) is 0 Å². The molecule has 0 atom stereocenters. The van der Waals surface area contributed by atoms with Crippen LogP contribution in [0.3, 0.4) is 0 Å². The van der Waals surface area contributed by atoms with Gasteiger partial charge in [-0.1, -0.05) is 77.9 Å². The van der Waals surface area contributed by atoms with E-state index < -0.39 is 0 Å². The van der Waals surface area contributed by atoms with Crippen molar-refractivity contribution in [3.05, 3.63) is 69.8 Å². The highest BCUT2D eigenvalue weighted by molar-refractivity contribution is 6.11. The normalized spacial score (nSPS) is 17.6. The Kier molecular flexibility index (Phi) is 4.56. The van der Waals surface area contributed by atoms with E-state index in [0.717, 1.165) is 11.1 Å². The van der Waals surface area contributed by atoms with Gasteiger partial charge in [-0.3, -0.25) is 4.79 Å². The molecule has 0 bridgehead atoms. The zero-order chi connectivity index (χ0) is 20.3. The number of benzene rings is 2. The summed E-state index contributed by atoms with van der Waals surface area (Å²) < 4.78 is 0. The standard InChI is InChI=1S/C27H34O/c1-26(2,3)19-11-13-21(23(15-19)17-7-8-17)25(28)22-14-12-20(27(4,5)6)16-24(22)18-9-10-18/h11-18H,7-10H2,1-6H3. The lowest BCUT2D eigenvalue weighted by atomic mass is 9.81. The van der Waals surface area contributed by atoms with E-state index in [1.165, 1.54) is 47.9 Å². The maximum atomic E-state index is 13.7. The molecule has 0 amide bonds. The summed E-state index contributed by atoms with van der Waals surface area (Å²) in [5.74, 6) is 1.36. The molecule has 4 rings (SSSR count). The summed E-state index contributed by atoms with van der Waals surface area (Å²) in [5, 5.41) is 0. The monoisotopic (exact) mass is 374 g/mol. The molecule has 2 aromatic rings. The summed E-state index contributed by atoms with van der Waals surface area (Å²) in [6.07, 6.45) is 4.86. The molecule has 0 unspecified atom stereocenters. The highest BCUT2D eigenvalue weighted by Crippen LogP contribution is 2.46. The van der Waals surface area contributed by atoms with E-state index in [2.05, 4.69) is 77.9 Å². The van der Waals surface area contributed by atoms with Crippen LogP contribution in [-0.2, 0) is 10.8 Å². The van der Waals surface area contributed by atoms with Crippen molar-refractivity contribution in [3.63, 3.8) is 0 Å². The van der Waals surface area contributed by atoms with Crippen molar-refractivity contribution in [2.45, 2.75) is 89.9 Å². The summed E-state index contributed by atoms with van der Waals surface area (Å²) in [5.41, 5.74) is 7.30. The molecule has 2 saturated carbocycles. The molecule has 2 fully saturated rings. The number of hydrogen-bond donors (Lipinski definition) is 0. The van der Waals surface area contributed by atoms with Crippen molar-refractivity contribution in [3.8, 4) is 0 Å². The van der Waals surface area contributed by atoms with E-state index in [9.17, 15) is 4.79 Å². The summed E-state index contributed by atoms with van der Waals surface area (Å²) in [7, 11) is 0. The lowest BCUT2D eigenvalue weighted by Crippen LogP contribution is -2.15. The molecular weight excluding hydrogens is 340 g/mol. The van der Waals surface area contributed by atoms with Crippen LogP contribution in [0.1, 0.15) is 117 Å².